The highest BCUT2D eigenvalue weighted by Gasteiger charge is 2.19. The molecular formula is C23H33N3O2. The van der Waals surface area contributed by atoms with Gasteiger partial charge >= 0.3 is 0 Å². The summed E-state index contributed by atoms with van der Waals surface area (Å²) in [6.45, 7) is 8.70. The Morgan fingerprint density at radius 2 is 1.89 bits per heavy atom. The quantitative estimate of drug-likeness (QED) is 0.624. The van der Waals surface area contributed by atoms with Crippen molar-refractivity contribution in [2.75, 3.05) is 32.8 Å². The van der Waals surface area contributed by atoms with Gasteiger partial charge in [0.2, 0.25) is 5.89 Å². The van der Waals surface area contributed by atoms with Crippen LogP contribution in [0.2, 0.25) is 0 Å². The lowest BCUT2D eigenvalue weighted by molar-refractivity contribution is 0.218. The molecule has 3 heterocycles. The number of hydrogen-bond donors (Lipinski definition) is 0. The van der Waals surface area contributed by atoms with Crippen molar-refractivity contribution in [2.45, 2.75) is 58.0 Å². The van der Waals surface area contributed by atoms with Crippen molar-refractivity contribution < 1.29 is 9.15 Å². The molecule has 1 aromatic heterocycles. The van der Waals surface area contributed by atoms with Crippen molar-refractivity contribution in [1.82, 2.24) is 14.8 Å². The lowest BCUT2D eigenvalue weighted by Crippen LogP contribution is -2.29. The number of ether oxygens (including phenoxy) is 1. The third-order valence-corrected chi connectivity index (χ3v) is 6.04. The minimum atomic E-state index is 0.696. The molecule has 0 radical (unpaired) electrons. The summed E-state index contributed by atoms with van der Waals surface area (Å²) in [5, 5.41) is 0. The van der Waals surface area contributed by atoms with E-state index in [0.717, 1.165) is 49.2 Å². The molecule has 2 aliphatic rings. The molecule has 5 nitrogen and oxygen atoms in total. The van der Waals surface area contributed by atoms with E-state index in [4.69, 9.17) is 9.15 Å². The van der Waals surface area contributed by atoms with Gasteiger partial charge in [-0.05, 0) is 82.9 Å². The lowest BCUT2D eigenvalue weighted by Gasteiger charge is -2.25. The summed E-state index contributed by atoms with van der Waals surface area (Å²) in [6, 6.07) is 8.84. The molecule has 28 heavy (non-hydrogen) atoms. The number of nitrogens with zero attached hydrogens (tertiary/aromatic N) is 3. The fourth-order valence-electron chi connectivity index (χ4n) is 4.34. The molecule has 0 spiro atoms. The van der Waals surface area contributed by atoms with Gasteiger partial charge in [-0.3, -0.25) is 4.90 Å². The Balaban J connectivity index is 1.24. The molecule has 0 saturated carbocycles. The molecule has 1 atom stereocenters. The highest BCUT2D eigenvalue weighted by atomic mass is 16.5. The fraction of sp³-hybridized carbons (Fsp3) is 0.609. The van der Waals surface area contributed by atoms with E-state index in [1.165, 1.54) is 51.7 Å². The van der Waals surface area contributed by atoms with E-state index in [9.17, 15) is 0 Å². The van der Waals surface area contributed by atoms with Crippen LogP contribution >= 0.6 is 0 Å². The molecule has 0 N–H and O–H groups in total. The zero-order valence-corrected chi connectivity index (χ0v) is 17.1. The van der Waals surface area contributed by atoms with Crippen molar-refractivity contribution in [3.05, 3.63) is 36.2 Å². The zero-order valence-electron chi connectivity index (χ0n) is 17.1. The molecule has 2 saturated heterocycles. The van der Waals surface area contributed by atoms with E-state index in [2.05, 4.69) is 21.7 Å². The molecule has 0 unspecified atom stereocenters. The number of oxazole rings is 1. The first-order chi connectivity index (χ1) is 13.8. The van der Waals surface area contributed by atoms with Crippen LogP contribution in [0.15, 0.2) is 34.9 Å². The van der Waals surface area contributed by atoms with Gasteiger partial charge in [0.05, 0.1) is 12.3 Å². The molecule has 5 heteroatoms. The summed E-state index contributed by atoms with van der Waals surface area (Å²) in [7, 11) is 0. The molecule has 0 bridgehead atoms. The molecule has 2 fully saturated rings. The van der Waals surface area contributed by atoms with E-state index in [-0.39, 0.29) is 0 Å². The zero-order chi connectivity index (χ0) is 19.2. The van der Waals surface area contributed by atoms with Gasteiger partial charge in [0.15, 0.2) is 0 Å². The van der Waals surface area contributed by atoms with Gasteiger partial charge in [-0.25, -0.2) is 4.98 Å². The summed E-state index contributed by atoms with van der Waals surface area (Å²) < 4.78 is 11.6. The monoisotopic (exact) mass is 383 g/mol. The first-order valence-electron chi connectivity index (χ1n) is 10.9. The van der Waals surface area contributed by atoms with Crippen molar-refractivity contribution in [1.29, 1.82) is 0 Å². The second-order valence-corrected chi connectivity index (χ2v) is 8.23. The van der Waals surface area contributed by atoms with Crippen molar-refractivity contribution >= 4 is 0 Å². The summed E-state index contributed by atoms with van der Waals surface area (Å²) in [5.41, 5.74) is 2.02. The van der Waals surface area contributed by atoms with Gasteiger partial charge in [-0.2, -0.15) is 0 Å². The third kappa shape index (κ3) is 5.15. The maximum atomic E-state index is 5.91. The summed E-state index contributed by atoms with van der Waals surface area (Å²) in [6.07, 6.45) is 9.49. The Kier molecular flexibility index (Phi) is 6.65. The van der Waals surface area contributed by atoms with Gasteiger partial charge < -0.3 is 14.1 Å². The topological polar surface area (TPSA) is 41.7 Å². The molecule has 4 rings (SSSR count). The molecule has 0 amide bonds. The van der Waals surface area contributed by atoms with Crippen LogP contribution in [0.5, 0.6) is 5.75 Å². The van der Waals surface area contributed by atoms with Crippen LogP contribution in [-0.4, -0.2) is 53.6 Å². The van der Waals surface area contributed by atoms with Crippen LogP contribution in [0.25, 0.3) is 11.5 Å². The molecule has 2 aromatic rings. The van der Waals surface area contributed by atoms with E-state index in [1.807, 2.05) is 24.3 Å². The number of aromatic nitrogens is 1. The first kappa shape index (κ1) is 19.5. The Bertz CT molecular complexity index is 722. The number of benzene rings is 1. The summed E-state index contributed by atoms with van der Waals surface area (Å²) in [4.78, 5) is 9.71. The normalized spacial score (nSPS) is 21.2. The standard InChI is InChI=1S/C23H33N3O2/c1-19-7-5-14-26(19)15-6-16-27-22-10-8-20(9-11-22)23-24-21(18-28-23)17-25-12-3-2-4-13-25/h8-11,18-19H,2-7,12-17H2,1H3/t19-/m0/s1. The van der Waals surface area contributed by atoms with E-state index in [0.29, 0.717) is 5.89 Å². The van der Waals surface area contributed by atoms with Crippen LogP contribution in [0.3, 0.4) is 0 Å². The van der Waals surface area contributed by atoms with Crippen LogP contribution in [0.1, 0.15) is 51.1 Å². The average Bonchev–Trinajstić information content (AvgIpc) is 3.36. The minimum Gasteiger partial charge on any atom is -0.494 e. The first-order valence-corrected chi connectivity index (χ1v) is 10.9. The average molecular weight is 384 g/mol. The number of likely N-dealkylation sites (tertiary alicyclic amines) is 2. The predicted octanol–water partition coefficient (Wildman–Crippen LogP) is 4.58. The molecule has 152 valence electrons. The maximum absolute atomic E-state index is 5.91. The number of piperidine rings is 1. The Hall–Kier alpha value is -1.85. The summed E-state index contributed by atoms with van der Waals surface area (Å²) in [5.74, 6) is 1.61. The SMILES string of the molecule is C[C@H]1CCCN1CCCOc1ccc(-c2nc(CN3CCCCC3)co2)cc1. The molecular weight excluding hydrogens is 350 g/mol. The minimum absolute atomic E-state index is 0.696. The number of hydrogen-bond acceptors (Lipinski definition) is 5. The Labute approximate surface area is 168 Å². The van der Waals surface area contributed by atoms with Crippen molar-refractivity contribution in [3.8, 4) is 17.2 Å². The maximum Gasteiger partial charge on any atom is 0.226 e. The highest BCUT2D eigenvalue weighted by Crippen LogP contribution is 2.23. The van der Waals surface area contributed by atoms with Gasteiger partial charge in [-0.1, -0.05) is 6.42 Å². The predicted molar refractivity (Wildman–Crippen MR) is 111 cm³/mol. The van der Waals surface area contributed by atoms with Gasteiger partial charge in [-0.15, -0.1) is 0 Å². The van der Waals surface area contributed by atoms with Gasteiger partial charge in [0.1, 0.15) is 12.0 Å². The van der Waals surface area contributed by atoms with Crippen LogP contribution in [-0.2, 0) is 6.54 Å². The molecule has 0 aliphatic carbocycles. The number of rotatable bonds is 8. The fourth-order valence-corrected chi connectivity index (χ4v) is 4.34. The van der Waals surface area contributed by atoms with E-state index >= 15 is 0 Å². The van der Waals surface area contributed by atoms with E-state index < -0.39 is 0 Å². The Morgan fingerprint density at radius 3 is 2.64 bits per heavy atom. The Morgan fingerprint density at radius 1 is 1.07 bits per heavy atom. The third-order valence-electron chi connectivity index (χ3n) is 6.04. The lowest BCUT2D eigenvalue weighted by atomic mass is 10.1. The molecule has 1 aromatic carbocycles. The highest BCUT2D eigenvalue weighted by molar-refractivity contribution is 5.54. The molecule has 2 aliphatic heterocycles. The van der Waals surface area contributed by atoms with Crippen molar-refractivity contribution in [3.63, 3.8) is 0 Å². The van der Waals surface area contributed by atoms with Crippen molar-refractivity contribution in [2.24, 2.45) is 0 Å². The second kappa shape index (κ2) is 9.57. The smallest absolute Gasteiger partial charge is 0.226 e. The largest absolute Gasteiger partial charge is 0.494 e. The van der Waals surface area contributed by atoms with Gasteiger partial charge in [0, 0.05) is 24.7 Å². The summed E-state index contributed by atoms with van der Waals surface area (Å²) >= 11 is 0. The van der Waals surface area contributed by atoms with Crippen LogP contribution < -0.4 is 4.74 Å². The van der Waals surface area contributed by atoms with E-state index in [1.54, 1.807) is 6.26 Å². The van der Waals surface area contributed by atoms with Crippen LogP contribution in [0, 0.1) is 0 Å². The van der Waals surface area contributed by atoms with Crippen LogP contribution in [0.4, 0.5) is 0 Å². The van der Waals surface area contributed by atoms with Gasteiger partial charge in [0.25, 0.3) is 0 Å². The second-order valence-electron chi connectivity index (χ2n) is 8.23.